The van der Waals surface area contributed by atoms with Crippen LogP contribution in [-0.2, 0) is 24.4 Å². The van der Waals surface area contributed by atoms with E-state index in [1.54, 1.807) is 6.92 Å². The summed E-state index contributed by atoms with van der Waals surface area (Å²) in [7, 11) is -3.71. The zero-order valence-corrected chi connectivity index (χ0v) is 17.1. The van der Waals surface area contributed by atoms with E-state index in [9.17, 15) is 22.8 Å². The van der Waals surface area contributed by atoms with Gasteiger partial charge in [-0.1, -0.05) is 6.92 Å². The zero-order chi connectivity index (χ0) is 21.0. The molecule has 0 aromatic carbocycles. The fourth-order valence-electron chi connectivity index (χ4n) is 2.94. The summed E-state index contributed by atoms with van der Waals surface area (Å²) in [5.41, 5.74) is 0. The van der Waals surface area contributed by atoms with Gasteiger partial charge in [0.1, 0.15) is 6.04 Å². The van der Waals surface area contributed by atoms with Gasteiger partial charge in [0, 0.05) is 25.9 Å². The van der Waals surface area contributed by atoms with Crippen LogP contribution in [0.4, 0.5) is 0 Å². The molecule has 0 saturated carbocycles. The molecule has 0 spiro atoms. The van der Waals surface area contributed by atoms with E-state index < -0.39 is 27.9 Å². The van der Waals surface area contributed by atoms with Gasteiger partial charge in [-0.25, -0.2) is 8.42 Å². The molecule has 28 heavy (non-hydrogen) atoms. The SMILES string of the molecule is CCCS(=O)(=O)N[C@@H](CNC(=O)CCNC(=O)CCC1CCNCC1)C(=O)O. The Hall–Kier alpha value is -1.72. The first-order valence-corrected chi connectivity index (χ1v) is 11.4. The lowest BCUT2D eigenvalue weighted by molar-refractivity contribution is -0.138. The summed E-state index contributed by atoms with van der Waals surface area (Å²) in [6.07, 6.45) is 3.74. The van der Waals surface area contributed by atoms with Gasteiger partial charge in [-0.15, -0.1) is 0 Å². The number of amides is 2. The Morgan fingerprint density at radius 3 is 2.36 bits per heavy atom. The van der Waals surface area contributed by atoms with Crippen molar-refractivity contribution in [1.29, 1.82) is 0 Å². The van der Waals surface area contributed by atoms with Crippen LogP contribution in [0, 0.1) is 5.92 Å². The predicted octanol–water partition coefficient (Wildman–Crippen LogP) is -0.829. The van der Waals surface area contributed by atoms with Crippen molar-refractivity contribution in [1.82, 2.24) is 20.7 Å². The predicted molar refractivity (Wildman–Crippen MR) is 104 cm³/mol. The van der Waals surface area contributed by atoms with Crippen LogP contribution in [0.2, 0.25) is 0 Å². The minimum Gasteiger partial charge on any atom is -0.480 e. The molecule has 1 aliphatic rings. The molecule has 1 saturated heterocycles. The summed E-state index contributed by atoms with van der Waals surface area (Å²) in [4.78, 5) is 34.8. The fourth-order valence-corrected chi connectivity index (χ4v) is 4.21. The average molecular weight is 421 g/mol. The molecule has 5 N–H and O–H groups in total. The maximum atomic E-state index is 11.8. The number of carboxylic acid groups (broad SMARTS) is 1. The quantitative estimate of drug-likeness (QED) is 0.261. The number of nitrogens with one attached hydrogen (secondary N) is 4. The van der Waals surface area contributed by atoms with Crippen LogP contribution in [0.3, 0.4) is 0 Å². The summed E-state index contributed by atoms with van der Waals surface area (Å²) < 4.78 is 25.4. The molecule has 1 rings (SSSR count). The lowest BCUT2D eigenvalue weighted by Crippen LogP contribution is -2.49. The third-order valence-electron chi connectivity index (χ3n) is 4.51. The highest BCUT2D eigenvalue weighted by Crippen LogP contribution is 2.17. The van der Waals surface area contributed by atoms with Crippen LogP contribution >= 0.6 is 0 Å². The Bertz CT molecular complexity index is 619. The van der Waals surface area contributed by atoms with Crippen LogP contribution in [0.5, 0.6) is 0 Å². The third-order valence-corrected chi connectivity index (χ3v) is 6.10. The Labute approximate surface area is 166 Å². The van der Waals surface area contributed by atoms with Crippen molar-refractivity contribution < 1.29 is 27.9 Å². The van der Waals surface area contributed by atoms with Gasteiger partial charge in [-0.05, 0) is 44.7 Å². The van der Waals surface area contributed by atoms with Crippen LogP contribution in [0.25, 0.3) is 0 Å². The normalized spacial score (nSPS) is 16.3. The third kappa shape index (κ3) is 10.6. The molecule has 2 amide bonds. The minimum absolute atomic E-state index is 0.00681. The Kier molecular flexibility index (Phi) is 11.0. The molecule has 11 heteroatoms. The van der Waals surface area contributed by atoms with Crippen LogP contribution in [0.15, 0.2) is 0 Å². The lowest BCUT2D eigenvalue weighted by Gasteiger charge is -2.22. The van der Waals surface area contributed by atoms with Crippen molar-refractivity contribution in [3.63, 3.8) is 0 Å². The fraction of sp³-hybridized carbons (Fsp3) is 0.824. The number of piperidine rings is 1. The highest BCUT2D eigenvalue weighted by atomic mass is 32.2. The summed E-state index contributed by atoms with van der Waals surface area (Å²) in [5.74, 6) is -1.57. The standard InChI is InChI=1S/C17H32N4O6S/c1-2-11-28(26,27)21-14(17(24)25)12-20-16(23)7-10-19-15(22)4-3-13-5-8-18-9-6-13/h13-14,18,21H,2-12H2,1H3,(H,19,22)(H,20,23)(H,24,25)/t14-/m0/s1. The first-order valence-electron chi connectivity index (χ1n) is 9.70. The maximum absolute atomic E-state index is 11.8. The zero-order valence-electron chi connectivity index (χ0n) is 16.3. The molecule has 0 aliphatic carbocycles. The molecule has 1 aliphatic heterocycles. The first-order chi connectivity index (χ1) is 13.2. The van der Waals surface area contributed by atoms with E-state index in [1.807, 2.05) is 0 Å². The van der Waals surface area contributed by atoms with Gasteiger partial charge in [-0.3, -0.25) is 14.4 Å². The molecule has 1 heterocycles. The van der Waals surface area contributed by atoms with Gasteiger partial charge >= 0.3 is 5.97 Å². The second kappa shape index (κ2) is 12.7. The summed E-state index contributed by atoms with van der Waals surface area (Å²) in [6.45, 7) is 3.42. The summed E-state index contributed by atoms with van der Waals surface area (Å²) >= 11 is 0. The molecule has 0 radical (unpaired) electrons. The van der Waals surface area contributed by atoms with Crippen molar-refractivity contribution in [3.05, 3.63) is 0 Å². The number of aliphatic carboxylic acids is 1. The van der Waals surface area contributed by atoms with Gasteiger partial charge in [-0.2, -0.15) is 4.72 Å². The van der Waals surface area contributed by atoms with Gasteiger partial charge in [0.2, 0.25) is 21.8 Å². The smallest absolute Gasteiger partial charge is 0.323 e. The van der Waals surface area contributed by atoms with Crippen LogP contribution in [-0.4, -0.2) is 69.3 Å². The monoisotopic (exact) mass is 420 g/mol. The topological polar surface area (TPSA) is 154 Å². The number of carboxylic acids is 1. The molecule has 162 valence electrons. The van der Waals surface area contributed by atoms with Gasteiger partial charge in [0.25, 0.3) is 0 Å². The molecule has 0 aromatic heterocycles. The highest BCUT2D eigenvalue weighted by molar-refractivity contribution is 7.89. The van der Waals surface area contributed by atoms with E-state index in [-0.39, 0.29) is 31.2 Å². The second-order valence-corrected chi connectivity index (χ2v) is 8.84. The maximum Gasteiger partial charge on any atom is 0.323 e. The minimum atomic E-state index is -3.71. The lowest BCUT2D eigenvalue weighted by atomic mass is 9.93. The van der Waals surface area contributed by atoms with Crippen molar-refractivity contribution in [3.8, 4) is 0 Å². The molecule has 10 nitrogen and oxygen atoms in total. The largest absolute Gasteiger partial charge is 0.480 e. The summed E-state index contributed by atoms with van der Waals surface area (Å²) in [6, 6.07) is -1.43. The van der Waals surface area contributed by atoms with Crippen molar-refractivity contribution in [2.75, 3.05) is 31.9 Å². The van der Waals surface area contributed by atoms with E-state index in [0.29, 0.717) is 18.8 Å². The number of rotatable bonds is 13. The van der Waals surface area contributed by atoms with Crippen LogP contribution < -0.4 is 20.7 Å². The summed E-state index contributed by atoms with van der Waals surface area (Å²) in [5, 5.41) is 17.4. The molecular formula is C17H32N4O6S. The second-order valence-electron chi connectivity index (χ2n) is 6.96. The van der Waals surface area contributed by atoms with Gasteiger partial charge < -0.3 is 21.1 Å². The molecule has 0 aromatic rings. The van der Waals surface area contributed by atoms with E-state index in [4.69, 9.17) is 5.11 Å². The van der Waals surface area contributed by atoms with Crippen LogP contribution in [0.1, 0.15) is 45.4 Å². The molecule has 1 atom stereocenters. The molecule has 0 unspecified atom stereocenters. The van der Waals surface area contributed by atoms with E-state index in [0.717, 1.165) is 32.4 Å². The van der Waals surface area contributed by atoms with E-state index in [2.05, 4.69) is 20.7 Å². The van der Waals surface area contributed by atoms with Crippen molar-refractivity contribution in [2.24, 2.45) is 5.92 Å². The average Bonchev–Trinajstić information content (AvgIpc) is 2.64. The highest BCUT2D eigenvalue weighted by Gasteiger charge is 2.24. The first kappa shape index (κ1) is 24.3. The number of carbonyl (C=O) groups is 3. The van der Waals surface area contributed by atoms with Gasteiger partial charge in [0.05, 0.1) is 5.75 Å². The molecular weight excluding hydrogens is 388 g/mol. The molecule has 1 fully saturated rings. The number of sulfonamides is 1. The Morgan fingerprint density at radius 2 is 1.75 bits per heavy atom. The van der Waals surface area contributed by atoms with Crippen molar-refractivity contribution in [2.45, 2.75) is 51.5 Å². The number of hydrogen-bond donors (Lipinski definition) is 5. The number of carbonyl (C=O) groups excluding carboxylic acids is 2. The Morgan fingerprint density at radius 1 is 1.11 bits per heavy atom. The van der Waals surface area contributed by atoms with Gasteiger partial charge in [0.15, 0.2) is 0 Å². The molecule has 0 bridgehead atoms. The van der Waals surface area contributed by atoms with E-state index in [1.165, 1.54) is 0 Å². The van der Waals surface area contributed by atoms with Crippen molar-refractivity contribution >= 4 is 27.8 Å². The Balaban J connectivity index is 2.23. The number of hydrogen-bond acceptors (Lipinski definition) is 6. The van der Waals surface area contributed by atoms with E-state index >= 15 is 0 Å².